The van der Waals surface area contributed by atoms with Crippen LogP contribution in [0.3, 0.4) is 0 Å². The normalized spacial score (nSPS) is 15.1. The molecule has 3 heterocycles. The highest BCUT2D eigenvalue weighted by molar-refractivity contribution is 6.35. The number of rotatable bonds is 5. The maximum absolute atomic E-state index is 13.5. The lowest BCUT2D eigenvalue weighted by molar-refractivity contribution is 0.0526. The fourth-order valence-corrected chi connectivity index (χ4v) is 4.52. The van der Waals surface area contributed by atoms with Crippen molar-refractivity contribution in [1.82, 2.24) is 10.2 Å². The Morgan fingerprint density at radius 3 is 2.64 bits per heavy atom. The van der Waals surface area contributed by atoms with Crippen molar-refractivity contribution >= 4 is 40.8 Å². The van der Waals surface area contributed by atoms with Gasteiger partial charge in [0.25, 0.3) is 5.91 Å². The summed E-state index contributed by atoms with van der Waals surface area (Å²) in [5, 5.41) is 8.10. The number of aromatic amines is 1. The van der Waals surface area contributed by atoms with Crippen LogP contribution in [0, 0.1) is 0 Å². The number of benzene rings is 2. The lowest BCUT2D eigenvalue weighted by Gasteiger charge is -2.27. The lowest BCUT2D eigenvalue weighted by Crippen LogP contribution is -2.29. The quantitative estimate of drug-likeness (QED) is 0.358. The van der Waals surface area contributed by atoms with E-state index < -0.39 is 12.0 Å². The monoisotopic (exact) mass is 481 g/mol. The molecule has 1 amide bonds. The molecule has 0 aliphatic carbocycles. The molecule has 0 spiro atoms. The van der Waals surface area contributed by atoms with Crippen LogP contribution >= 0.6 is 23.2 Å². The SMILES string of the molecule is CCOC(=O)c1ccc(N2C(=O)c3n[nH]c(-c4ccco4)c3C2c2ccc(Cl)cc2Cl)cc1. The number of amides is 1. The number of esters is 1. The number of nitrogens with zero attached hydrogens (tertiary/aromatic N) is 2. The number of fused-ring (bicyclic) bond motifs is 1. The Hall–Kier alpha value is -3.55. The Morgan fingerprint density at radius 2 is 1.97 bits per heavy atom. The fraction of sp³-hybridized carbons (Fsp3) is 0.125. The van der Waals surface area contributed by atoms with Gasteiger partial charge in [0.2, 0.25) is 0 Å². The molecule has 0 saturated heterocycles. The van der Waals surface area contributed by atoms with Gasteiger partial charge in [0, 0.05) is 21.3 Å². The molecule has 0 fully saturated rings. The molecule has 166 valence electrons. The summed E-state index contributed by atoms with van der Waals surface area (Å²) in [6.07, 6.45) is 1.55. The minimum absolute atomic E-state index is 0.270. The Morgan fingerprint density at radius 1 is 1.18 bits per heavy atom. The molecule has 2 aromatic heterocycles. The zero-order valence-electron chi connectivity index (χ0n) is 17.3. The predicted molar refractivity (Wildman–Crippen MR) is 124 cm³/mol. The highest BCUT2D eigenvalue weighted by Crippen LogP contribution is 2.47. The van der Waals surface area contributed by atoms with Crippen LogP contribution < -0.4 is 4.90 Å². The summed E-state index contributed by atoms with van der Waals surface area (Å²) in [6.45, 7) is 2.02. The van der Waals surface area contributed by atoms with Crippen LogP contribution in [0.15, 0.2) is 65.3 Å². The third-order valence-corrected chi connectivity index (χ3v) is 6.00. The molecule has 5 rings (SSSR count). The van der Waals surface area contributed by atoms with E-state index in [0.717, 1.165) is 0 Å². The summed E-state index contributed by atoms with van der Waals surface area (Å²) >= 11 is 12.7. The van der Waals surface area contributed by atoms with Gasteiger partial charge in [-0.15, -0.1) is 0 Å². The highest BCUT2D eigenvalue weighted by Gasteiger charge is 2.44. The van der Waals surface area contributed by atoms with Crippen molar-refractivity contribution in [3.8, 4) is 11.5 Å². The van der Waals surface area contributed by atoms with Gasteiger partial charge in [0.15, 0.2) is 11.5 Å². The van der Waals surface area contributed by atoms with Gasteiger partial charge >= 0.3 is 5.97 Å². The number of aromatic nitrogens is 2. The van der Waals surface area contributed by atoms with Crippen LogP contribution in [0.1, 0.15) is 44.9 Å². The first-order chi connectivity index (χ1) is 16.0. The lowest BCUT2D eigenvalue weighted by atomic mass is 9.97. The van der Waals surface area contributed by atoms with E-state index in [1.54, 1.807) is 72.7 Å². The third kappa shape index (κ3) is 3.59. The zero-order chi connectivity index (χ0) is 23.1. The van der Waals surface area contributed by atoms with E-state index >= 15 is 0 Å². The molecule has 1 unspecified atom stereocenters. The average molecular weight is 482 g/mol. The molecular weight excluding hydrogens is 465 g/mol. The van der Waals surface area contributed by atoms with Crippen molar-refractivity contribution in [2.24, 2.45) is 0 Å². The van der Waals surface area contributed by atoms with E-state index in [4.69, 9.17) is 32.4 Å². The first-order valence-corrected chi connectivity index (χ1v) is 10.9. The Labute approximate surface area is 198 Å². The Kier molecular flexibility index (Phi) is 5.44. The Balaban J connectivity index is 1.65. The molecule has 1 aliphatic heterocycles. The van der Waals surface area contributed by atoms with Crippen LogP contribution in [0.5, 0.6) is 0 Å². The number of carbonyl (C=O) groups is 2. The van der Waals surface area contributed by atoms with Crippen LogP contribution in [0.2, 0.25) is 10.0 Å². The number of ether oxygens (including phenoxy) is 1. The smallest absolute Gasteiger partial charge is 0.338 e. The average Bonchev–Trinajstić information content (AvgIpc) is 3.52. The number of anilines is 1. The van der Waals surface area contributed by atoms with Crippen molar-refractivity contribution in [2.45, 2.75) is 13.0 Å². The summed E-state index contributed by atoms with van der Waals surface area (Å²) in [6, 6.07) is 14.7. The molecule has 0 bridgehead atoms. The molecular formula is C24H17Cl2N3O4. The summed E-state index contributed by atoms with van der Waals surface area (Å²) in [5.41, 5.74) is 3.15. The maximum Gasteiger partial charge on any atom is 0.338 e. The van der Waals surface area contributed by atoms with Crippen molar-refractivity contribution < 1.29 is 18.7 Å². The second-order valence-corrected chi connectivity index (χ2v) is 8.19. The summed E-state index contributed by atoms with van der Waals surface area (Å²) in [5.74, 6) is -0.188. The summed E-state index contributed by atoms with van der Waals surface area (Å²) in [7, 11) is 0. The van der Waals surface area contributed by atoms with Gasteiger partial charge in [-0.2, -0.15) is 5.10 Å². The second kappa shape index (κ2) is 8.42. The number of hydrogen-bond acceptors (Lipinski definition) is 5. The molecule has 1 N–H and O–H groups in total. The third-order valence-electron chi connectivity index (χ3n) is 5.44. The van der Waals surface area contributed by atoms with Gasteiger partial charge in [-0.05, 0) is 61.0 Å². The van der Waals surface area contributed by atoms with E-state index in [-0.39, 0.29) is 18.2 Å². The van der Waals surface area contributed by atoms with Gasteiger partial charge < -0.3 is 9.15 Å². The number of hydrogen-bond donors (Lipinski definition) is 1. The predicted octanol–water partition coefficient (Wildman–Crippen LogP) is 5.90. The standard InChI is InChI=1S/C24H17Cl2N3O4/c1-2-32-24(31)13-5-8-15(9-6-13)29-22(16-10-7-14(25)12-17(16)26)19-20(18-4-3-11-33-18)27-28-21(19)23(29)30/h3-12,22H,2H2,1H3,(H,27,28). The van der Waals surface area contributed by atoms with E-state index in [1.807, 2.05) is 0 Å². The van der Waals surface area contributed by atoms with Crippen molar-refractivity contribution in [3.63, 3.8) is 0 Å². The molecule has 4 aromatic rings. The fourth-order valence-electron chi connectivity index (χ4n) is 4.01. The van der Waals surface area contributed by atoms with Crippen molar-refractivity contribution in [1.29, 1.82) is 0 Å². The molecule has 1 atom stereocenters. The molecule has 1 aliphatic rings. The molecule has 9 heteroatoms. The van der Waals surface area contributed by atoms with E-state index in [0.29, 0.717) is 43.9 Å². The van der Waals surface area contributed by atoms with E-state index in [2.05, 4.69) is 10.2 Å². The summed E-state index contributed by atoms with van der Waals surface area (Å²) in [4.78, 5) is 27.2. The van der Waals surface area contributed by atoms with Crippen LogP contribution in [-0.2, 0) is 4.74 Å². The minimum Gasteiger partial charge on any atom is -0.463 e. The van der Waals surface area contributed by atoms with Crippen LogP contribution in [-0.4, -0.2) is 28.7 Å². The van der Waals surface area contributed by atoms with Gasteiger partial charge in [-0.25, -0.2) is 4.79 Å². The van der Waals surface area contributed by atoms with Crippen LogP contribution in [0.4, 0.5) is 5.69 Å². The molecule has 0 radical (unpaired) electrons. The second-order valence-electron chi connectivity index (χ2n) is 7.35. The number of H-pyrrole nitrogens is 1. The summed E-state index contributed by atoms with van der Waals surface area (Å²) < 4.78 is 10.6. The number of furan rings is 1. The zero-order valence-corrected chi connectivity index (χ0v) is 18.9. The molecule has 7 nitrogen and oxygen atoms in total. The van der Waals surface area contributed by atoms with Gasteiger partial charge in [-0.1, -0.05) is 29.3 Å². The highest BCUT2D eigenvalue weighted by atomic mass is 35.5. The molecule has 0 saturated carbocycles. The van der Waals surface area contributed by atoms with E-state index in [1.165, 1.54) is 0 Å². The van der Waals surface area contributed by atoms with Crippen LogP contribution in [0.25, 0.3) is 11.5 Å². The van der Waals surface area contributed by atoms with Gasteiger partial charge in [0.05, 0.1) is 24.5 Å². The largest absolute Gasteiger partial charge is 0.463 e. The first-order valence-electron chi connectivity index (χ1n) is 10.2. The van der Waals surface area contributed by atoms with Gasteiger partial charge in [-0.3, -0.25) is 14.8 Å². The van der Waals surface area contributed by atoms with E-state index in [9.17, 15) is 9.59 Å². The number of halogens is 2. The minimum atomic E-state index is -0.593. The topological polar surface area (TPSA) is 88.4 Å². The van der Waals surface area contributed by atoms with Crippen molar-refractivity contribution in [3.05, 3.63) is 93.3 Å². The number of nitrogens with one attached hydrogen (secondary N) is 1. The maximum atomic E-state index is 13.5. The molecule has 33 heavy (non-hydrogen) atoms. The van der Waals surface area contributed by atoms with Gasteiger partial charge in [0.1, 0.15) is 5.69 Å². The Bertz CT molecular complexity index is 1350. The molecule has 2 aromatic carbocycles. The van der Waals surface area contributed by atoms with Crippen molar-refractivity contribution in [2.75, 3.05) is 11.5 Å². The first kappa shape index (κ1) is 21.3. The number of carbonyl (C=O) groups excluding carboxylic acids is 2.